The largest absolute Gasteiger partial charge is 0.359 e. The summed E-state index contributed by atoms with van der Waals surface area (Å²) in [6.07, 6.45) is -0.125. The van der Waals surface area contributed by atoms with E-state index in [4.69, 9.17) is 0 Å². The molecule has 3 aliphatic carbocycles. The predicted molar refractivity (Wildman–Crippen MR) is 437 cm³/mol. The molecule has 1 atom stereocenters. The van der Waals surface area contributed by atoms with E-state index in [0.717, 1.165) is 95.2 Å². The molecule has 0 saturated heterocycles. The lowest BCUT2D eigenvalue weighted by Crippen LogP contribution is -2.43. The summed E-state index contributed by atoms with van der Waals surface area (Å²) >= 11 is 0. The Morgan fingerprint density at radius 1 is 0.248 bits per heavy atom. The monoisotopic (exact) mass is 1340 g/mol. The molecule has 4 nitrogen and oxygen atoms in total. The van der Waals surface area contributed by atoms with Gasteiger partial charge in [-0.2, -0.15) is 0 Å². The van der Waals surface area contributed by atoms with Gasteiger partial charge in [-0.3, -0.25) is 0 Å². The van der Waals surface area contributed by atoms with Crippen molar-refractivity contribution in [1.29, 1.82) is 0 Å². The maximum Gasteiger partial charge on any atom is 0.130 e. The van der Waals surface area contributed by atoms with Crippen LogP contribution in [0.15, 0.2) is 400 Å². The van der Waals surface area contributed by atoms with Gasteiger partial charge in [-0.05, 0) is 214 Å². The predicted octanol–water partition coefficient (Wildman–Crippen LogP) is 26.2. The quantitative estimate of drug-likeness (QED) is 0.130. The molecule has 0 amide bonds. The van der Waals surface area contributed by atoms with Crippen LogP contribution in [0, 0.1) is 0 Å². The van der Waals surface area contributed by atoms with Gasteiger partial charge in [0.05, 0.1) is 27.9 Å². The molecule has 1 heterocycles. The minimum absolute atomic E-state index is 0.125. The van der Waals surface area contributed by atoms with Crippen molar-refractivity contribution in [3.8, 4) is 55.6 Å². The molecule has 1 N–H and O–H groups in total. The second-order valence-corrected chi connectivity index (χ2v) is 28.2. The average Bonchev–Trinajstić information content (AvgIpc) is 1.62. The van der Waals surface area contributed by atoms with Crippen LogP contribution < -0.4 is 20.0 Å². The van der Waals surface area contributed by atoms with Gasteiger partial charge in [0.25, 0.3) is 0 Å². The first-order valence-electron chi connectivity index (χ1n) is 36.5. The molecule has 21 rings (SSSR count). The highest BCUT2D eigenvalue weighted by molar-refractivity contribution is 6.23. The van der Waals surface area contributed by atoms with E-state index < -0.39 is 10.8 Å². The van der Waals surface area contributed by atoms with Gasteiger partial charge in [0.1, 0.15) is 6.17 Å². The van der Waals surface area contributed by atoms with Gasteiger partial charge in [0.15, 0.2) is 0 Å². The molecule has 0 bridgehead atoms. The van der Waals surface area contributed by atoms with Crippen LogP contribution in [-0.4, -0.2) is 0 Å². The van der Waals surface area contributed by atoms with Crippen molar-refractivity contribution in [1.82, 2.24) is 0 Å². The number of hydrogen-bond acceptors (Lipinski definition) is 4. The summed E-state index contributed by atoms with van der Waals surface area (Å²) in [6.45, 7) is 0. The van der Waals surface area contributed by atoms with Crippen molar-refractivity contribution in [3.63, 3.8) is 0 Å². The lowest BCUT2D eigenvalue weighted by Gasteiger charge is -2.49. The van der Waals surface area contributed by atoms with Crippen LogP contribution >= 0.6 is 0 Å². The summed E-state index contributed by atoms with van der Waals surface area (Å²) in [4.78, 5) is 7.24. The number of nitrogens with one attached hydrogen (secondary N) is 1. The molecule has 4 heteroatoms. The Kier molecular flexibility index (Phi) is 13.8. The van der Waals surface area contributed by atoms with Gasteiger partial charge in [-0.1, -0.05) is 303 Å². The van der Waals surface area contributed by atoms with Crippen LogP contribution in [0.1, 0.15) is 56.2 Å². The van der Waals surface area contributed by atoms with E-state index >= 15 is 0 Å². The molecule has 1 aliphatic heterocycles. The van der Waals surface area contributed by atoms with E-state index in [1.807, 2.05) is 0 Å². The van der Waals surface area contributed by atoms with Crippen molar-refractivity contribution < 1.29 is 0 Å². The Balaban J connectivity index is 0.776. The Hall–Kier alpha value is -13.5. The Bertz CT molecular complexity index is 6120. The standard InChI is InChI=1S/C101H68N4/c1-5-27-73(28-6-1)103(74-29-7-2-8-30-74)77-59-53-67(54-60-77)68-55-61-78(62-56-68)104(75-31-9-3-10-32-75)98-84-40-14-13-39-83(84)97(69-49-51-70(52-50-69)99-102-95-47-25-26-48-96(95)105(99)76-33-11-4-12-34-76)86-65-71(57-63-85(86)98)72-58-64-93-94(66-72)101(89-43-21-17-37-81(89)82-38-18-22-44-90(82)101)92-46-24-23-45-91(92)100(93)87-41-19-15-35-79(87)80-36-16-20-42-88(80)100/h1-66,99,102H. The van der Waals surface area contributed by atoms with Crippen molar-refractivity contribution in [2.75, 3.05) is 20.0 Å². The van der Waals surface area contributed by atoms with Crippen LogP contribution in [-0.2, 0) is 10.8 Å². The third kappa shape index (κ3) is 9.06. The first-order chi connectivity index (χ1) is 52.1. The van der Waals surface area contributed by atoms with Gasteiger partial charge < -0.3 is 20.0 Å². The Morgan fingerprint density at radius 2 is 0.619 bits per heavy atom. The summed E-state index contributed by atoms with van der Waals surface area (Å²) in [5.41, 5.74) is 32.5. The third-order valence-corrected chi connectivity index (χ3v) is 22.9. The number of nitrogens with zero attached hydrogens (tertiary/aromatic N) is 3. The summed E-state index contributed by atoms with van der Waals surface area (Å²) in [5.74, 6) is 0. The van der Waals surface area contributed by atoms with Crippen molar-refractivity contribution in [2.24, 2.45) is 0 Å². The molecule has 105 heavy (non-hydrogen) atoms. The Labute approximate surface area is 611 Å². The van der Waals surface area contributed by atoms with Crippen molar-refractivity contribution in [3.05, 3.63) is 450 Å². The summed E-state index contributed by atoms with van der Waals surface area (Å²) in [5, 5.41) is 8.55. The van der Waals surface area contributed by atoms with Gasteiger partial charge in [-0.15, -0.1) is 0 Å². The van der Waals surface area contributed by atoms with E-state index in [-0.39, 0.29) is 6.17 Å². The zero-order chi connectivity index (χ0) is 69.2. The van der Waals surface area contributed by atoms with Gasteiger partial charge in [0.2, 0.25) is 0 Å². The maximum absolute atomic E-state index is 3.93. The van der Waals surface area contributed by atoms with E-state index in [9.17, 15) is 0 Å². The van der Waals surface area contributed by atoms with Crippen LogP contribution in [0.5, 0.6) is 0 Å². The number of anilines is 9. The van der Waals surface area contributed by atoms with E-state index in [1.165, 1.54) is 83.3 Å². The number of hydrogen-bond donors (Lipinski definition) is 1. The highest BCUT2D eigenvalue weighted by Gasteiger charge is 2.59. The van der Waals surface area contributed by atoms with Crippen LogP contribution in [0.25, 0.3) is 77.2 Å². The number of fused-ring (bicyclic) bond motifs is 19. The lowest BCUT2D eigenvalue weighted by atomic mass is 9.52. The molecule has 0 fully saturated rings. The number of benzene rings is 17. The van der Waals surface area contributed by atoms with Crippen LogP contribution in [0.4, 0.5) is 51.2 Å². The fourth-order valence-electron chi connectivity index (χ4n) is 18.6. The zero-order valence-electron chi connectivity index (χ0n) is 57.5. The van der Waals surface area contributed by atoms with Crippen molar-refractivity contribution in [2.45, 2.75) is 17.0 Å². The molecule has 17 aromatic carbocycles. The molecule has 17 aromatic rings. The SMILES string of the molecule is c1ccc(N(c2ccccc2)c2ccc(-c3ccc(N(c4ccccc4)c4c5ccccc5c(-c5ccc(C6Nc7ccccc7N6c6ccccc6)cc5)c5cc(-c6ccc7c(c6)C6(c8ccccc8-c8ccccc86)c6ccccc6C76c7ccccc7-c7ccccc76)ccc45)cc3)cc2)cc1. The van der Waals surface area contributed by atoms with Gasteiger partial charge in [-0.25, -0.2) is 0 Å². The first kappa shape index (κ1) is 60.2. The summed E-state index contributed by atoms with van der Waals surface area (Å²) in [7, 11) is 0. The third-order valence-electron chi connectivity index (χ3n) is 22.9. The second-order valence-electron chi connectivity index (χ2n) is 28.2. The molecule has 0 radical (unpaired) electrons. The van der Waals surface area contributed by atoms with Crippen LogP contribution in [0.3, 0.4) is 0 Å². The molecule has 0 aromatic heterocycles. The average molecular weight is 1340 g/mol. The maximum atomic E-state index is 3.93. The normalized spacial score (nSPS) is 14.2. The molecule has 0 saturated carbocycles. The van der Waals surface area contributed by atoms with E-state index in [2.05, 4.69) is 420 Å². The second kappa shape index (κ2) is 24.1. The van der Waals surface area contributed by atoms with Gasteiger partial charge >= 0.3 is 0 Å². The molecular weight excluding hydrogens is 1270 g/mol. The van der Waals surface area contributed by atoms with E-state index in [1.54, 1.807) is 0 Å². The van der Waals surface area contributed by atoms with Gasteiger partial charge in [0, 0.05) is 44.9 Å². The first-order valence-corrected chi connectivity index (χ1v) is 36.5. The van der Waals surface area contributed by atoms with E-state index in [0.29, 0.717) is 0 Å². The molecular formula is C101H68N4. The fraction of sp³-hybridized carbons (Fsp3) is 0.0297. The Morgan fingerprint density at radius 3 is 1.16 bits per heavy atom. The zero-order valence-corrected chi connectivity index (χ0v) is 57.5. The minimum Gasteiger partial charge on any atom is -0.359 e. The number of para-hydroxylation sites is 6. The number of rotatable bonds is 11. The molecule has 2 spiro atoms. The lowest BCUT2D eigenvalue weighted by molar-refractivity contribution is 0.633. The minimum atomic E-state index is -0.646. The smallest absolute Gasteiger partial charge is 0.130 e. The topological polar surface area (TPSA) is 21.8 Å². The fourth-order valence-corrected chi connectivity index (χ4v) is 18.6. The summed E-state index contributed by atoms with van der Waals surface area (Å²) < 4.78 is 0. The molecule has 4 aliphatic rings. The molecule has 492 valence electrons. The molecule has 1 unspecified atom stereocenters. The summed E-state index contributed by atoms with van der Waals surface area (Å²) in [6, 6.07) is 150. The van der Waals surface area contributed by atoms with Crippen molar-refractivity contribution >= 4 is 72.7 Å². The highest BCUT2D eigenvalue weighted by Crippen LogP contribution is 2.68. The van der Waals surface area contributed by atoms with Crippen LogP contribution in [0.2, 0.25) is 0 Å². The highest BCUT2D eigenvalue weighted by atomic mass is 15.3.